The summed E-state index contributed by atoms with van der Waals surface area (Å²) in [4.78, 5) is 25.4. The van der Waals surface area contributed by atoms with Crippen LogP contribution in [0.3, 0.4) is 0 Å². The molecule has 0 unspecified atom stereocenters. The van der Waals surface area contributed by atoms with Gasteiger partial charge in [-0.15, -0.1) is 0 Å². The number of rotatable bonds is 3. The van der Waals surface area contributed by atoms with Crippen LogP contribution in [-0.2, 0) is 4.79 Å². The highest BCUT2D eigenvalue weighted by molar-refractivity contribution is 5.84. The Morgan fingerprint density at radius 2 is 2.46 bits per heavy atom. The van der Waals surface area contributed by atoms with Crippen LogP contribution in [0.2, 0.25) is 0 Å². The number of hydrogen-bond acceptors (Lipinski definition) is 4. The van der Waals surface area contributed by atoms with E-state index in [0.717, 1.165) is 18.3 Å². The highest BCUT2D eigenvalue weighted by Gasteiger charge is 2.10. The van der Waals surface area contributed by atoms with Gasteiger partial charge in [0.15, 0.2) is 0 Å². The summed E-state index contributed by atoms with van der Waals surface area (Å²) in [7, 11) is 0. The van der Waals surface area contributed by atoms with E-state index in [0.29, 0.717) is 0 Å². The van der Waals surface area contributed by atoms with Crippen molar-refractivity contribution in [3.8, 4) is 0 Å². The van der Waals surface area contributed by atoms with Crippen LogP contribution in [0.1, 0.15) is 5.82 Å². The zero-order chi connectivity index (χ0) is 9.84. The first kappa shape index (κ1) is 8.91. The minimum atomic E-state index is -1.14. The number of nitrogens with zero attached hydrogens (tertiary/aromatic N) is 2. The first-order valence-corrected chi connectivity index (χ1v) is 3.20. The third-order valence-corrected chi connectivity index (χ3v) is 1.15. The number of aromatic nitrogens is 2. The molecule has 0 spiro atoms. The Labute approximate surface area is 71.9 Å². The van der Waals surface area contributed by atoms with E-state index in [9.17, 15) is 14.9 Å². The number of nitro groups is 1. The lowest BCUT2D eigenvalue weighted by molar-refractivity contribution is -0.389. The zero-order valence-corrected chi connectivity index (χ0v) is 6.30. The standard InChI is InChI=1S/C6H5N3O4/c10-6(11)2-1-4-7-3-5(8-4)9(12)13/h1-3H,(H,7,8)(H,10,11). The van der Waals surface area contributed by atoms with E-state index in [2.05, 4.69) is 9.97 Å². The molecule has 13 heavy (non-hydrogen) atoms. The van der Waals surface area contributed by atoms with Crippen molar-refractivity contribution in [1.29, 1.82) is 0 Å². The minimum absolute atomic E-state index is 0.133. The molecule has 0 atom stereocenters. The molecule has 0 aromatic carbocycles. The van der Waals surface area contributed by atoms with Gasteiger partial charge in [0.25, 0.3) is 0 Å². The van der Waals surface area contributed by atoms with Gasteiger partial charge in [-0.1, -0.05) is 0 Å². The molecule has 0 aliphatic carbocycles. The van der Waals surface area contributed by atoms with Crippen molar-refractivity contribution in [2.75, 3.05) is 0 Å². The molecule has 0 amide bonds. The first-order valence-electron chi connectivity index (χ1n) is 3.20. The minimum Gasteiger partial charge on any atom is -0.478 e. The van der Waals surface area contributed by atoms with Crippen LogP contribution >= 0.6 is 0 Å². The van der Waals surface area contributed by atoms with Gasteiger partial charge in [-0.25, -0.2) is 4.79 Å². The summed E-state index contributed by atoms with van der Waals surface area (Å²) in [6.45, 7) is 0. The van der Waals surface area contributed by atoms with Crippen LogP contribution in [-0.4, -0.2) is 26.0 Å². The van der Waals surface area contributed by atoms with Crippen molar-refractivity contribution in [3.05, 3.63) is 28.2 Å². The SMILES string of the molecule is O=C(O)C=Cc1nc([N+](=O)[O-])c[nH]1. The lowest BCUT2D eigenvalue weighted by Crippen LogP contribution is -1.88. The summed E-state index contributed by atoms with van der Waals surface area (Å²) in [6, 6.07) is 0. The van der Waals surface area contributed by atoms with Gasteiger partial charge >= 0.3 is 11.8 Å². The van der Waals surface area contributed by atoms with E-state index in [4.69, 9.17) is 5.11 Å². The third kappa shape index (κ3) is 2.40. The van der Waals surface area contributed by atoms with Gasteiger partial charge < -0.3 is 20.2 Å². The van der Waals surface area contributed by atoms with Crippen molar-refractivity contribution in [3.63, 3.8) is 0 Å². The number of carboxylic acid groups (broad SMARTS) is 1. The van der Waals surface area contributed by atoms with E-state index < -0.39 is 10.9 Å². The van der Waals surface area contributed by atoms with Gasteiger partial charge in [-0.3, -0.25) is 0 Å². The molecular formula is C6H5N3O4. The molecule has 1 rings (SSSR count). The lowest BCUT2D eigenvalue weighted by atomic mass is 10.5. The van der Waals surface area contributed by atoms with Crippen LogP contribution in [0, 0.1) is 10.1 Å². The predicted molar refractivity (Wildman–Crippen MR) is 41.9 cm³/mol. The molecule has 0 radical (unpaired) electrons. The largest absolute Gasteiger partial charge is 0.478 e. The van der Waals surface area contributed by atoms with Crippen LogP contribution in [0.5, 0.6) is 0 Å². The molecule has 68 valence electrons. The summed E-state index contributed by atoms with van der Waals surface area (Å²) in [6.07, 6.45) is 3.05. The Morgan fingerprint density at radius 3 is 2.92 bits per heavy atom. The smallest absolute Gasteiger partial charge is 0.382 e. The molecular weight excluding hydrogens is 178 g/mol. The maximum Gasteiger partial charge on any atom is 0.382 e. The number of aliphatic carboxylic acids is 1. The van der Waals surface area contributed by atoms with E-state index in [-0.39, 0.29) is 11.6 Å². The monoisotopic (exact) mass is 183 g/mol. The van der Waals surface area contributed by atoms with Crippen molar-refractivity contribution in [1.82, 2.24) is 9.97 Å². The van der Waals surface area contributed by atoms with E-state index in [1.807, 2.05) is 0 Å². The highest BCUT2D eigenvalue weighted by Crippen LogP contribution is 2.06. The molecule has 2 N–H and O–H groups in total. The second kappa shape index (κ2) is 3.48. The number of carboxylic acids is 1. The first-order chi connectivity index (χ1) is 6.09. The van der Waals surface area contributed by atoms with Gasteiger partial charge in [0, 0.05) is 12.2 Å². The number of nitrogens with one attached hydrogen (secondary N) is 1. The average Bonchev–Trinajstić information content (AvgIpc) is 2.48. The molecule has 0 saturated heterocycles. The fourth-order valence-corrected chi connectivity index (χ4v) is 0.656. The zero-order valence-electron chi connectivity index (χ0n) is 6.30. The molecule has 1 aromatic heterocycles. The van der Waals surface area contributed by atoms with Gasteiger partial charge in [0.2, 0.25) is 5.82 Å². The maximum absolute atomic E-state index is 10.1. The average molecular weight is 183 g/mol. The van der Waals surface area contributed by atoms with Gasteiger partial charge in [0.05, 0.1) is 0 Å². The van der Waals surface area contributed by atoms with Gasteiger partial charge in [-0.05, 0) is 9.91 Å². The summed E-state index contributed by atoms with van der Waals surface area (Å²) < 4.78 is 0. The van der Waals surface area contributed by atoms with E-state index in [1.165, 1.54) is 0 Å². The van der Waals surface area contributed by atoms with Gasteiger partial charge in [0.1, 0.15) is 6.20 Å². The summed E-state index contributed by atoms with van der Waals surface area (Å²) in [5, 5.41) is 18.4. The second-order valence-corrected chi connectivity index (χ2v) is 2.07. The van der Waals surface area contributed by atoms with Crippen molar-refractivity contribution in [2.24, 2.45) is 0 Å². The molecule has 0 bridgehead atoms. The predicted octanol–water partition coefficient (Wildman–Crippen LogP) is 0.416. The maximum atomic E-state index is 10.1. The molecule has 0 aliphatic heterocycles. The lowest BCUT2D eigenvalue weighted by Gasteiger charge is -1.81. The second-order valence-electron chi connectivity index (χ2n) is 2.07. The van der Waals surface area contributed by atoms with Crippen molar-refractivity contribution >= 4 is 17.9 Å². The quantitative estimate of drug-likeness (QED) is 0.400. The Balaban J connectivity index is 2.80. The molecule has 1 heterocycles. The highest BCUT2D eigenvalue weighted by atomic mass is 16.6. The summed E-state index contributed by atoms with van der Waals surface area (Å²) >= 11 is 0. The fraction of sp³-hybridized carbons (Fsp3) is 0. The third-order valence-electron chi connectivity index (χ3n) is 1.15. The molecule has 1 aromatic rings. The number of aromatic amines is 1. The normalized spacial score (nSPS) is 10.5. The molecule has 0 saturated carbocycles. The molecule has 7 nitrogen and oxygen atoms in total. The number of H-pyrrole nitrogens is 1. The van der Waals surface area contributed by atoms with Crippen LogP contribution < -0.4 is 0 Å². The number of imidazole rings is 1. The molecule has 0 fully saturated rings. The Hall–Kier alpha value is -2.18. The molecule has 0 aliphatic rings. The summed E-state index contributed by atoms with van der Waals surface area (Å²) in [5.41, 5.74) is 0. The Bertz CT molecular complexity index is 368. The van der Waals surface area contributed by atoms with Crippen molar-refractivity contribution < 1.29 is 14.8 Å². The van der Waals surface area contributed by atoms with E-state index in [1.54, 1.807) is 0 Å². The topological polar surface area (TPSA) is 109 Å². The fourth-order valence-electron chi connectivity index (χ4n) is 0.656. The molecule has 7 heteroatoms. The number of hydrogen-bond donors (Lipinski definition) is 2. The van der Waals surface area contributed by atoms with Crippen LogP contribution in [0.15, 0.2) is 12.3 Å². The number of carbonyl (C=O) groups is 1. The Morgan fingerprint density at radius 1 is 1.77 bits per heavy atom. The van der Waals surface area contributed by atoms with Crippen molar-refractivity contribution in [2.45, 2.75) is 0 Å². The summed E-state index contributed by atoms with van der Waals surface area (Å²) in [5.74, 6) is -1.35. The van der Waals surface area contributed by atoms with Crippen LogP contribution in [0.25, 0.3) is 6.08 Å². The van der Waals surface area contributed by atoms with Gasteiger partial charge in [-0.2, -0.15) is 0 Å². The Kier molecular flexibility index (Phi) is 2.38. The van der Waals surface area contributed by atoms with Crippen LogP contribution in [0.4, 0.5) is 5.82 Å². The van der Waals surface area contributed by atoms with E-state index >= 15 is 0 Å².